The second-order valence-corrected chi connectivity index (χ2v) is 20.5. The van der Waals surface area contributed by atoms with Crippen LogP contribution in [-0.2, 0) is 19.4 Å². The maximum atomic E-state index is 9.26. The highest BCUT2D eigenvalue weighted by molar-refractivity contribution is 6.33. The van der Waals surface area contributed by atoms with Crippen molar-refractivity contribution in [1.29, 1.82) is 0 Å². The van der Waals surface area contributed by atoms with Crippen LogP contribution in [0.2, 0.25) is 0 Å². The first-order valence-corrected chi connectivity index (χ1v) is 25.1. The van der Waals surface area contributed by atoms with Crippen LogP contribution >= 0.6 is 0 Å². The van der Waals surface area contributed by atoms with Crippen LogP contribution in [0.5, 0.6) is 11.5 Å². The van der Waals surface area contributed by atoms with Gasteiger partial charge < -0.3 is 23.7 Å². The van der Waals surface area contributed by atoms with Gasteiger partial charge in [-0.1, -0.05) is 142 Å². The lowest BCUT2D eigenvalue weighted by molar-refractivity contribution is 0.483. The first kappa shape index (κ1) is 37.7. The molecule has 0 saturated carbocycles. The summed E-state index contributed by atoms with van der Waals surface area (Å²) in [6, 6.07) is 66.6. The van der Waals surface area contributed by atoms with E-state index in [0.717, 1.165) is 94.0 Å². The summed E-state index contributed by atoms with van der Waals surface area (Å²) in [5.41, 5.74) is 12.9. The predicted molar refractivity (Wildman–Crippen MR) is 309 cm³/mol. The van der Waals surface area contributed by atoms with Crippen molar-refractivity contribution in [2.45, 2.75) is 33.1 Å². The number of hydrogen-bond acceptors (Lipinski definition) is 4. The predicted octanol–water partition coefficient (Wildman–Crippen LogP) is 17.4. The van der Waals surface area contributed by atoms with Crippen molar-refractivity contribution >= 4 is 88.2 Å². The molecule has 0 saturated heterocycles. The van der Waals surface area contributed by atoms with Gasteiger partial charge in [-0.25, -0.2) is 4.98 Å². The Morgan fingerprint density at radius 3 is 1.80 bits per heavy atom. The summed E-state index contributed by atoms with van der Waals surface area (Å²) < 4.78 is 67.6. The summed E-state index contributed by atoms with van der Waals surface area (Å²) in [5, 5.41) is 5.18. The average molecular weight is 965 g/mol. The van der Waals surface area contributed by atoms with Crippen molar-refractivity contribution in [3.05, 3.63) is 218 Å². The van der Waals surface area contributed by atoms with E-state index < -0.39 is 14.0 Å². The van der Waals surface area contributed by atoms with E-state index in [1.54, 1.807) is 0 Å². The molecule has 4 aromatic heterocycles. The molecule has 0 N–H and O–H groups in total. The Morgan fingerprint density at radius 1 is 0.514 bits per heavy atom. The Hall–Kier alpha value is -9.07. The molecule has 7 nitrogen and oxygen atoms in total. The highest BCUT2D eigenvalue weighted by atomic mass is 16.5. The minimum absolute atomic E-state index is 0.0588. The molecule has 0 atom stereocenters. The van der Waals surface area contributed by atoms with Crippen LogP contribution in [0.1, 0.15) is 40.1 Å². The van der Waals surface area contributed by atoms with Crippen molar-refractivity contribution in [3.8, 4) is 39.6 Å². The summed E-state index contributed by atoms with van der Waals surface area (Å²) in [6.07, 6.45) is 1.97. The maximum Gasteiger partial charge on any atom is 0.137 e. The third kappa shape index (κ3) is 6.62. The smallest absolute Gasteiger partial charge is 0.137 e. The third-order valence-electron chi connectivity index (χ3n) is 15.2. The van der Waals surface area contributed by atoms with Crippen molar-refractivity contribution in [1.82, 2.24) is 18.7 Å². The highest BCUT2D eigenvalue weighted by Gasteiger charge is 2.35. The van der Waals surface area contributed by atoms with E-state index in [2.05, 4.69) is 90.6 Å². The third-order valence-corrected chi connectivity index (χ3v) is 15.2. The standard InChI is InChI=1S/C67H54N6O/c1-42-36-60(68-40-53(42)43-20-9-7-10-21-43)73-56-35-32-45(67(2,3)4)37-52(56)49-34-33-48(39-59(49)73)74-47-25-19-24-46(38-47)71-41-72(58-31-18-17-30-57(58)71)66-64-62(50-26-13-15-28-54(50)69(64)5)61(44-22-11-8-12-23-44)63-51-27-14-16-29-55(51)70(6)65(63)66/h7-40H,41H2,1-6H3/i5D3,6D3. The van der Waals surface area contributed by atoms with E-state index in [0.29, 0.717) is 39.3 Å². The quantitative estimate of drug-likeness (QED) is 0.160. The first-order valence-electron chi connectivity index (χ1n) is 28.1. The number of ether oxygens (including phenoxy) is 1. The molecule has 7 heteroatoms. The van der Waals surface area contributed by atoms with Gasteiger partial charge in [0.15, 0.2) is 0 Å². The summed E-state index contributed by atoms with van der Waals surface area (Å²) in [7, 11) is 0. The summed E-state index contributed by atoms with van der Waals surface area (Å²) in [5.74, 6) is 2.07. The minimum Gasteiger partial charge on any atom is -0.457 e. The molecule has 0 bridgehead atoms. The van der Waals surface area contributed by atoms with Crippen LogP contribution in [0.25, 0.3) is 93.5 Å². The molecular weight excluding hydrogens is 905 g/mol. The van der Waals surface area contributed by atoms with Gasteiger partial charge in [0, 0.05) is 101 Å². The van der Waals surface area contributed by atoms with E-state index >= 15 is 0 Å². The Kier molecular flexibility index (Phi) is 8.39. The molecule has 0 fully saturated rings. The lowest BCUT2D eigenvalue weighted by Crippen LogP contribution is -2.25. The zero-order valence-corrected chi connectivity index (χ0v) is 41.4. The van der Waals surface area contributed by atoms with Crippen LogP contribution in [0.4, 0.5) is 22.7 Å². The molecule has 0 unspecified atom stereocenters. The van der Waals surface area contributed by atoms with Gasteiger partial charge in [-0.15, -0.1) is 0 Å². The Balaban J connectivity index is 0.934. The van der Waals surface area contributed by atoms with E-state index in [1.807, 2.05) is 158 Å². The molecular formula is C67H54N6O. The number of para-hydroxylation sites is 4. The van der Waals surface area contributed by atoms with Gasteiger partial charge in [-0.05, 0) is 101 Å². The zero-order valence-electron chi connectivity index (χ0n) is 47.4. The monoisotopic (exact) mass is 964 g/mol. The Labute approximate surface area is 438 Å². The van der Waals surface area contributed by atoms with E-state index in [4.69, 9.17) is 9.72 Å². The fraction of sp³-hybridized carbons (Fsp3) is 0.119. The number of fused-ring (bicyclic) bond motifs is 10. The van der Waals surface area contributed by atoms with E-state index in [9.17, 15) is 8.22 Å². The number of benzene rings is 9. The van der Waals surface area contributed by atoms with Crippen LogP contribution in [0.3, 0.4) is 0 Å². The van der Waals surface area contributed by atoms with Gasteiger partial charge in [0.2, 0.25) is 0 Å². The van der Waals surface area contributed by atoms with Gasteiger partial charge in [0.1, 0.15) is 24.0 Å². The number of anilines is 4. The highest BCUT2D eigenvalue weighted by Crippen LogP contribution is 2.54. The molecule has 13 aromatic rings. The van der Waals surface area contributed by atoms with Gasteiger partial charge in [-0.2, -0.15) is 0 Å². The number of pyridine rings is 1. The minimum atomic E-state index is -2.67. The van der Waals surface area contributed by atoms with E-state index in [1.165, 1.54) is 14.7 Å². The fourth-order valence-electron chi connectivity index (χ4n) is 11.7. The number of aryl methyl sites for hydroxylation is 3. The lowest BCUT2D eigenvalue weighted by atomic mass is 9.86. The van der Waals surface area contributed by atoms with Gasteiger partial charge in [0.25, 0.3) is 0 Å². The topological polar surface area (TPSA) is 43.4 Å². The van der Waals surface area contributed by atoms with Crippen molar-refractivity contribution in [2.24, 2.45) is 14.0 Å². The number of aromatic nitrogens is 4. The molecule has 0 spiro atoms. The van der Waals surface area contributed by atoms with Crippen LogP contribution < -0.4 is 14.5 Å². The molecule has 0 radical (unpaired) electrons. The second-order valence-electron chi connectivity index (χ2n) is 20.5. The van der Waals surface area contributed by atoms with Crippen molar-refractivity contribution in [3.63, 3.8) is 0 Å². The molecule has 358 valence electrons. The number of rotatable bonds is 7. The molecule has 74 heavy (non-hydrogen) atoms. The molecule has 9 aromatic carbocycles. The summed E-state index contributed by atoms with van der Waals surface area (Å²) in [6.45, 7) is 3.71. The fourth-order valence-corrected chi connectivity index (χ4v) is 11.7. The number of hydrogen-bond donors (Lipinski definition) is 0. The largest absolute Gasteiger partial charge is 0.457 e. The van der Waals surface area contributed by atoms with Gasteiger partial charge in [-0.3, -0.25) is 4.57 Å². The van der Waals surface area contributed by atoms with Crippen LogP contribution in [-0.4, -0.2) is 25.4 Å². The average Bonchev–Trinajstić information content (AvgIpc) is 4.40. The molecule has 0 amide bonds. The normalized spacial score (nSPS) is 14.4. The summed E-state index contributed by atoms with van der Waals surface area (Å²) >= 11 is 0. The van der Waals surface area contributed by atoms with Crippen molar-refractivity contribution < 1.29 is 13.0 Å². The molecule has 14 rings (SSSR count). The zero-order chi connectivity index (χ0) is 55.0. The molecule has 1 aliphatic rings. The molecule has 5 heterocycles. The Bertz CT molecular complexity index is 4530. The molecule has 1 aliphatic heterocycles. The maximum absolute atomic E-state index is 9.26. The van der Waals surface area contributed by atoms with E-state index in [-0.39, 0.29) is 12.1 Å². The molecule has 0 aliphatic carbocycles. The Morgan fingerprint density at radius 2 is 1.14 bits per heavy atom. The van der Waals surface area contributed by atoms with Crippen LogP contribution in [0, 0.1) is 6.92 Å². The lowest BCUT2D eigenvalue weighted by Gasteiger charge is -2.26. The SMILES string of the molecule is [2H]C([2H])([2H])n1c2ccccc2c2c(-c3ccccc3)c3c4ccccc4n(C([2H])([2H])[2H])c3c(N3CN(c4cccc(Oc5ccc6c7cc(C(C)(C)C)ccc7n(-c7cc(C)c(-c8ccccc8)cn7)c6c5)c4)c4ccccc43)c21. The van der Waals surface area contributed by atoms with Gasteiger partial charge >= 0.3 is 0 Å². The second kappa shape index (κ2) is 16.5. The van der Waals surface area contributed by atoms with Crippen molar-refractivity contribution in [2.75, 3.05) is 16.5 Å². The number of nitrogens with zero attached hydrogens (tertiary/aromatic N) is 6. The summed E-state index contributed by atoms with van der Waals surface area (Å²) in [4.78, 5) is 9.39. The first-order chi connectivity index (χ1) is 38.5. The van der Waals surface area contributed by atoms with Crippen LogP contribution in [0.15, 0.2) is 206 Å². The van der Waals surface area contributed by atoms with Gasteiger partial charge in [0.05, 0.1) is 39.1 Å².